The van der Waals surface area contributed by atoms with Crippen molar-refractivity contribution in [2.75, 3.05) is 0 Å². The highest BCUT2D eigenvalue weighted by Crippen LogP contribution is 2.25. The van der Waals surface area contributed by atoms with Crippen LogP contribution in [0, 0.1) is 0 Å². The van der Waals surface area contributed by atoms with Gasteiger partial charge in [-0.2, -0.15) is 9.73 Å². The van der Waals surface area contributed by atoms with Gasteiger partial charge in [0, 0.05) is 6.20 Å². The minimum Gasteiger partial charge on any atom is -0.478 e. The lowest BCUT2D eigenvalue weighted by atomic mass is 10.1. The van der Waals surface area contributed by atoms with Gasteiger partial charge in [-0.15, -0.1) is 5.10 Å². The molecule has 6 nitrogen and oxygen atoms in total. The molecule has 0 aromatic carbocycles. The van der Waals surface area contributed by atoms with Gasteiger partial charge in [-0.05, 0) is 24.3 Å². The zero-order valence-corrected chi connectivity index (χ0v) is 8.57. The van der Waals surface area contributed by atoms with Crippen LogP contribution in [0.25, 0.3) is 17.0 Å². The molecule has 3 rings (SSSR count). The third kappa shape index (κ3) is 1.38. The molecule has 0 bridgehead atoms. The minimum atomic E-state index is -1.06. The number of furan rings is 1. The van der Waals surface area contributed by atoms with Crippen molar-refractivity contribution in [3.63, 3.8) is 0 Å². The number of aromatic carboxylic acids is 1. The summed E-state index contributed by atoms with van der Waals surface area (Å²) in [7, 11) is 0. The summed E-state index contributed by atoms with van der Waals surface area (Å²) >= 11 is 0. The second kappa shape index (κ2) is 3.44. The monoisotopic (exact) mass is 229 g/mol. The number of carboxylic acid groups (broad SMARTS) is 1. The molecule has 0 aliphatic carbocycles. The molecule has 84 valence electrons. The lowest BCUT2D eigenvalue weighted by Crippen LogP contribution is -1.97. The van der Waals surface area contributed by atoms with Gasteiger partial charge in [-0.3, -0.25) is 0 Å². The summed E-state index contributed by atoms with van der Waals surface area (Å²) in [6.07, 6.45) is 3.01. The van der Waals surface area contributed by atoms with Gasteiger partial charge in [0.05, 0.1) is 6.26 Å². The number of fused-ring (bicyclic) bond motifs is 1. The standard InChI is InChI=1S/C11H7N3O3/c15-11(16)9-7-3-1-5-12-14(7)13-10(9)8-4-2-6-17-8/h1-6H,(H,15,16). The summed E-state index contributed by atoms with van der Waals surface area (Å²) in [6.45, 7) is 0. The Hall–Kier alpha value is -2.63. The van der Waals surface area contributed by atoms with E-state index in [4.69, 9.17) is 4.42 Å². The summed E-state index contributed by atoms with van der Waals surface area (Å²) < 4.78 is 6.45. The summed E-state index contributed by atoms with van der Waals surface area (Å²) in [5, 5.41) is 17.3. The summed E-state index contributed by atoms with van der Waals surface area (Å²) in [4.78, 5) is 11.3. The van der Waals surface area contributed by atoms with Gasteiger partial charge in [0.25, 0.3) is 0 Å². The van der Waals surface area contributed by atoms with E-state index in [9.17, 15) is 9.90 Å². The van der Waals surface area contributed by atoms with Crippen molar-refractivity contribution in [1.82, 2.24) is 14.8 Å². The second-order valence-corrected chi connectivity index (χ2v) is 3.40. The van der Waals surface area contributed by atoms with Gasteiger partial charge in [-0.1, -0.05) is 0 Å². The lowest BCUT2D eigenvalue weighted by Gasteiger charge is -1.93. The highest BCUT2D eigenvalue weighted by molar-refractivity contribution is 6.01. The summed E-state index contributed by atoms with van der Waals surface area (Å²) in [6, 6.07) is 6.65. The van der Waals surface area contributed by atoms with Crippen LogP contribution in [-0.2, 0) is 0 Å². The molecule has 0 unspecified atom stereocenters. The van der Waals surface area contributed by atoms with E-state index >= 15 is 0 Å². The number of rotatable bonds is 2. The molecule has 3 aromatic rings. The number of carboxylic acids is 1. The fourth-order valence-corrected chi connectivity index (χ4v) is 1.69. The predicted molar refractivity (Wildman–Crippen MR) is 57.6 cm³/mol. The number of carbonyl (C=O) groups is 1. The van der Waals surface area contributed by atoms with Gasteiger partial charge in [0.1, 0.15) is 16.8 Å². The van der Waals surface area contributed by atoms with E-state index in [2.05, 4.69) is 10.2 Å². The van der Waals surface area contributed by atoms with Gasteiger partial charge >= 0.3 is 5.97 Å². The van der Waals surface area contributed by atoms with Gasteiger partial charge in [-0.25, -0.2) is 4.79 Å². The largest absolute Gasteiger partial charge is 0.478 e. The smallest absolute Gasteiger partial charge is 0.340 e. The Morgan fingerprint density at radius 3 is 2.94 bits per heavy atom. The maximum Gasteiger partial charge on any atom is 0.340 e. The quantitative estimate of drug-likeness (QED) is 0.723. The minimum absolute atomic E-state index is 0.0908. The number of nitrogens with zero attached hydrogens (tertiary/aromatic N) is 3. The number of hydrogen-bond donors (Lipinski definition) is 1. The van der Waals surface area contributed by atoms with Crippen molar-refractivity contribution in [3.05, 3.63) is 42.3 Å². The van der Waals surface area contributed by atoms with E-state index in [1.807, 2.05) is 0 Å². The van der Waals surface area contributed by atoms with Crippen LogP contribution in [-0.4, -0.2) is 25.9 Å². The average Bonchev–Trinajstić information content (AvgIpc) is 2.95. The predicted octanol–water partition coefficient (Wildman–Crippen LogP) is 1.69. The molecule has 0 aliphatic rings. The van der Waals surface area contributed by atoms with Crippen LogP contribution in [0.15, 0.2) is 41.1 Å². The third-order valence-corrected chi connectivity index (χ3v) is 2.39. The molecule has 0 radical (unpaired) electrons. The first kappa shape index (κ1) is 9.59. The summed E-state index contributed by atoms with van der Waals surface area (Å²) in [5.41, 5.74) is 0.806. The van der Waals surface area contributed by atoms with Gasteiger partial charge in [0.15, 0.2) is 5.76 Å². The molecule has 0 amide bonds. The number of aromatic nitrogens is 3. The van der Waals surface area contributed by atoms with E-state index in [1.54, 1.807) is 24.3 Å². The Labute approximate surface area is 95.1 Å². The van der Waals surface area contributed by atoms with Gasteiger partial charge < -0.3 is 9.52 Å². The molecule has 0 atom stereocenters. The molecule has 1 N–H and O–H groups in total. The van der Waals surface area contributed by atoms with E-state index in [0.717, 1.165) is 0 Å². The Morgan fingerprint density at radius 2 is 2.24 bits per heavy atom. The van der Waals surface area contributed by atoms with Crippen molar-refractivity contribution in [3.8, 4) is 11.5 Å². The van der Waals surface area contributed by atoms with Gasteiger partial charge in [0.2, 0.25) is 0 Å². The van der Waals surface area contributed by atoms with Crippen molar-refractivity contribution in [2.24, 2.45) is 0 Å². The maximum atomic E-state index is 11.3. The molecule has 0 spiro atoms. The third-order valence-electron chi connectivity index (χ3n) is 2.39. The SMILES string of the molecule is O=C(O)c1c(-c2ccco2)nn2ncccc12. The molecule has 0 saturated carbocycles. The second-order valence-electron chi connectivity index (χ2n) is 3.40. The maximum absolute atomic E-state index is 11.3. The Morgan fingerprint density at radius 1 is 1.35 bits per heavy atom. The average molecular weight is 229 g/mol. The Kier molecular flexibility index (Phi) is 1.94. The molecule has 0 aliphatic heterocycles. The molecule has 0 saturated heterocycles. The fourth-order valence-electron chi connectivity index (χ4n) is 1.69. The van der Waals surface area contributed by atoms with E-state index in [-0.39, 0.29) is 11.3 Å². The Balaban J connectivity index is 2.38. The first-order valence-electron chi connectivity index (χ1n) is 4.88. The van der Waals surface area contributed by atoms with Crippen LogP contribution >= 0.6 is 0 Å². The topological polar surface area (TPSA) is 80.6 Å². The highest BCUT2D eigenvalue weighted by Gasteiger charge is 2.22. The highest BCUT2D eigenvalue weighted by atomic mass is 16.4. The molecule has 3 aromatic heterocycles. The van der Waals surface area contributed by atoms with Crippen LogP contribution in [0.4, 0.5) is 0 Å². The zero-order valence-electron chi connectivity index (χ0n) is 8.57. The van der Waals surface area contributed by atoms with E-state index in [1.165, 1.54) is 17.1 Å². The molecule has 3 heterocycles. The van der Waals surface area contributed by atoms with Crippen LogP contribution in [0.2, 0.25) is 0 Å². The normalized spacial score (nSPS) is 10.8. The van der Waals surface area contributed by atoms with Crippen LogP contribution in [0.5, 0.6) is 0 Å². The first-order valence-corrected chi connectivity index (χ1v) is 4.88. The van der Waals surface area contributed by atoms with Crippen molar-refractivity contribution in [1.29, 1.82) is 0 Å². The van der Waals surface area contributed by atoms with Crippen molar-refractivity contribution in [2.45, 2.75) is 0 Å². The number of hydrogen-bond acceptors (Lipinski definition) is 4. The van der Waals surface area contributed by atoms with Crippen LogP contribution in [0.3, 0.4) is 0 Å². The summed E-state index contributed by atoms with van der Waals surface area (Å²) in [5.74, 6) is -0.646. The molecular weight excluding hydrogens is 222 g/mol. The Bertz CT molecular complexity index is 685. The molecular formula is C11H7N3O3. The first-order chi connectivity index (χ1) is 8.27. The van der Waals surface area contributed by atoms with E-state index < -0.39 is 5.97 Å². The van der Waals surface area contributed by atoms with Crippen LogP contribution < -0.4 is 0 Å². The molecule has 6 heteroatoms. The lowest BCUT2D eigenvalue weighted by molar-refractivity contribution is 0.0699. The molecule has 0 fully saturated rings. The van der Waals surface area contributed by atoms with Crippen molar-refractivity contribution < 1.29 is 14.3 Å². The molecule has 17 heavy (non-hydrogen) atoms. The van der Waals surface area contributed by atoms with Crippen LogP contribution in [0.1, 0.15) is 10.4 Å². The van der Waals surface area contributed by atoms with Crippen molar-refractivity contribution >= 4 is 11.5 Å². The van der Waals surface area contributed by atoms with E-state index in [0.29, 0.717) is 11.3 Å². The zero-order chi connectivity index (χ0) is 11.8. The fraction of sp³-hybridized carbons (Fsp3) is 0.